The van der Waals surface area contributed by atoms with Gasteiger partial charge in [0.2, 0.25) is 21.8 Å². The number of hydrogen-bond acceptors (Lipinski definition) is 6. The van der Waals surface area contributed by atoms with Crippen LogP contribution < -0.4 is 19.1 Å². The van der Waals surface area contributed by atoms with E-state index in [1.54, 1.807) is 36.4 Å². The van der Waals surface area contributed by atoms with Gasteiger partial charge in [-0.1, -0.05) is 73.4 Å². The number of amides is 2. The third-order valence-corrected chi connectivity index (χ3v) is 9.57. The molecule has 0 saturated carbocycles. The van der Waals surface area contributed by atoms with Gasteiger partial charge in [-0.25, -0.2) is 8.42 Å². The number of nitrogens with one attached hydrogen (secondary N) is 1. The summed E-state index contributed by atoms with van der Waals surface area (Å²) >= 11 is 12.5. The maximum atomic E-state index is 14.3. The summed E-state index contributed by atoms with van der Waals surface area (Å²) in [5.74, 6) is -0.102. The highest BCUT2D eigenvalue weighted by atomic mass is 35.5. The van der Waals surface area contributed by atoms with Crippen molar-refractivity contribution in [3.05, 3.63) is 87.9 Å². The summed E-state index contributed by atoms with van der Waals surface area (Å²) in [6.07, 6.45) is 0.211. The van der Waals surface area contributed by atoms with Crippen molar-refractivity contribution in [1.82, 2.24) is 10.2 Å². The van der Waals surface area contributed by atoms with Crippen molar-refractivity contribution in [2.75, 3.05) is 36.4 Å². The number of benzene rings is 3. The van der Waals surface area contributed by atoms with Crippen LogP contribution in [0.1, 0.15) is 31.9 Å². The van der Waals surface area contributed by atoms with E-state index in [9.17, 15) is 18.0 Å². The molecule has 1 N–H and O–H groups in total. The van der Waals surface area contributed by atoms with Gasteiger partial charge in [-0.05, 0) is 48.2 Å². The minimum absolute atomic E-state index is 0.0104. The predicted molar refractivity (Wildman–Crippen MR) is 173 cm³/mol. The van der Waals surface area contributed by atoms with E-state index >= 15 is 0 Å². The number of halogens is 2. The first-order valence-corrected chi connectivity index (χ1v) is 16.8. The van der Waals surface area contributed by atoms with Crippen LogP contribution in [0.4, 0.5) is 5.69 Å². The molecule has 0 spiro atoms. The van der Waals surface area contributed by atoms with E-state index in [0.29, 0.717) is 46.9 Å². The lowest BCUT2D eigenvalue weighted by Crippen LogP contribution is -2.54. The summed E-state index contributed by atoms with van der Waals surface area (Å²) in [7, 11) is -3.93. The summed E-state index contributed by atoms with van der Waals surface area (Å²) < 4.78 is 39.1. The summed E-state index contributed by atoms with van der Waals surface area (Å²) in [6.45, 7) is 6.02. The number of carbonyl (C=O) groups excluding carboxylic acids is 2. The zero-order chi connectivity index (χ0) is 31.9. The van der Waals surface area contributed by atoms with Crippen LogP contribution in [0.2, 0.25) is 10.0 Å². The third-order valence-electron chi connectivity index (χ3n) is 7.09. The van der Waals surface area contributed by atoms with Crippen LogP contribution >= 0.6 is 23.2 Å². The van der Waals surface area contributed by atoms with Crippen molar-refractivity contribution in [1.29, 1.82) is 0 Å². The number of nitrogens with zero attached hydrogens (tertiary/aromatic N) is 2. The maximum Gasteiger partial charge on any atom is 0.244 e. The van der Waals surface area contributed by atoms with E-state index in [1.165, 1.54) is 11.8 Å². The minimum Gasteiger partial charge on any atom is -0.486 e. The lowest BCUT2D eigenvalue weighted by Gasteiger charge is -2.34. The zero-order valence-corrected chi connectivity index (χ0v) is 27.3. The summed E-state index contributed by atoms with van der Waals surface area (Å²) in [4.78, 5) is 29.5. The van der Waals surface area contributed by atoms with Crippen molar-refractivity contribution in [3.63, 3.8) is 0 Å². The number of ether oxygens (including phenoxy) is 2. The molecular formula is C32H37Cl2N3O6S. The van der Waals surface area contributed by atoms with E-state index < -0.39 is 28.5 Å². The van der Waals surface area contributed by atoms with E-state index in [4.69, 9.17) is 32.7 Å². The fourth-order valence-electron chi connectivity index (χ4n) is 4.72. The molecule has 0 saturated heterocycles. The van der Waals surface area contributed by atoms with Crippen molar-refractivity contribution in [3.8, 4) is 11.5 Å². The number of fused-ring (bicyclic) bond motifs is 1. The molecule has 9 nitrogen and oxygen atoms in total. The van der Waals surface area contributed by atoms with Crippen molar-refractivity contribution in [2.45, 2.75) is 39.8 Å². The second-order valence-electron chi connectivity index (χ2n) is 10.8. The van der Waals surface area contributed by atoms with Gasteiger partial charge in [0.25, 0.3) is 0 Å². The van der Waals surface area contributed by atoms with Crippen LogP contribution in [0.25, 0.3) is 0 Å². The molecule has 1 aliphatic rings. The fraction of sp³-hybridized carbons (Fsp3) is 0.375. The Balaban J connectivity index is 1.76. The first-order chi connectivity index (χ1) is 21.0. The van der Waals surface area contributed by atoms with E-state index in [2.05, 4.69) is 5.32 Å². The minimum atomic E-state index is -3.93. The standard InChI is InChI=1S/C32H37Cl2N3O6S/c1-4-44(40,41)37(25-11-13-29-30(18-25)43-15-14-42-29)21-31(38)36(20-24-10-12-26(33)27(34)16-24)28(32(39)35-19-22(2)3)17-23-8-6-5-7-9-23/h5-13,16,18,22,28H,4,14-15,17,19-21H2,1-3H3,(H,35,39)/t28-/m1/s1. The third kappa shape index (κ3) is 8.58. The molecular weight excluding hydrogens is 625 g/mol. The Morgan fingerprint density at radius 3 is 2.27 bits per heavy atom. The second-order valence-corrected chi connectivity index (χ2v) is 13.8. The maximum absolute atomic E-state index is 14.3. The molecule has 0 bridgehead atoms. The molecule has 236 valence electrons. The van der Waals surface area contributed by atoms with Crippen molar-refractivity contribution in [2.24, 2.45) is 5.92 Å². The number of hydrogen-bond donors (Lipinski definition) is 1. The van der Waals surface area contributed by atoms with Gasteiger partial charge in [0.05, 0.1) is 21.5 Å². The Bertz CT molecular complexity index is 1570. The Morgan fingerprint density at radius 2 is 1.61 bits per heavy atom. The molecule has 0 radical (unpaired) electrons. The first kappa shape index (κ1) is 33.4. The molecule has 1 atom stereocenters. The van der Waals surface area contributed by atoms with Gasteiger partial charge in [-0.2, -0.15) is 0 Å². The van der Waals surface area contributed by atoms with Crippen LogP contribution in [-0.4, -0.2) is 63.2 Å². The Kier molecular flexibility index (Phi) is 11.4. The zero-order valence-electron chi connectivity index (χ0n) is 25.0. The molecule has 1 heterocycles. The molecule has 3 aromatic rings. The average Bonchev–Trinajstić information content (AvgIpc) is 3.02. The van der Waals surface area contributed by atoms with E-state index in [1.807, 2.05) is 44.2 Å². The highest BCUT2D eigenvalue weighted by Crippen LogP contribution is 2.35. The van der Waals surface area contributed by atoms with Crippen molar-refractivity contribution >= 4 is 50.7 Å². The lowest BCUT2D eigenvalue weighted by molar-refractivity contribution is -0.140. The van der Waals surface area contributed by atoms with Gasteiger partial charge in [0.15, 0.2) is 11.5 Å². The normalized spacial score (nSPS) is 13.3. The van der Waals surface area contributed by atoms with Crippen LogP contribution in [0.5, 0.6) is 11.5 Å². The molecule has 2 amide bonds. The summed E-state index contributed by atoms with van der Waals surface area (Å²) in [5, 5.41) is 3.61. The number of anilines is 1. The van der Waals surface area contributed by atoms with Crippen molar-refractivity contribution < 1.29 is 27.5 Å². The summed E-state index contributed by atoms with van der Waals surface area (Å²) in [6, 6.07) is 18.1. The van der Waals surface area contributed by atoms with Gasteiger partial charge in [0, 0.05) is 25.6 Å². The molecule has 44 heavy (non-hydrogen) atoms. The van der Waals surface area contributed by atoms with Crippen LogP contribution in [-0.2, 0) is 32.6 Å². The van der Waals surface area contributed by atoms with Gasteiger partial charge < -0.3 is 19.7 Å². The van der Waals surface area contributed by atoms with Crippen LogP contribution in [0, 0.1) is 5.92 Å². The second kappa shape index (κ2) is 15.0. The largest absolute Gasteiger partial charge is 0.486 e. The lowest BCUT2D eigenvalue weighted by atomic mass is 10.0. The average molecular weight is 663 g/mol. The van der Waals surface area contributed by atoms with Crippen LogP contribution in [0.15, 0.2) is 66.7 Å². The Labute approximate surface area is 269 Å². The van der Waals surface area contributed by atoms with Crippen LogP contribution in [0.3, 0.4) is 0 Å². The van der Waals surface area contributed by atoms with Gasteiger partial charge in [0.1, 0.15) is 25.8 Å². The monoisotopic (exact) mass is 661 g/mol. The first-order valence-electron chi connectivity index (χ1n) is 14.4. The smallest absolute Gasteiger partial charge is 0.244 e. The molecule has 12 heteroatoms. The van der Waals surface area contributed by atoms with Gasteiger partial charge >= 0.3 is 0 Å². The SMILES string of the molecule is CCS(=O)(=O)N(CC(=O)N(Cc1ccc(Cl)c(Cl)c1)[C@H](Cc1ccccc1)C(=O)NCC(C)C)c1ccc2c(c1)OCCO2. The van der Waals surface area contributed by atoms with Gasteiger partial charge in [-0.15, -0.1) is 0 Å². The highest BCUT2D eigenvalue weighted by molar-refractivity contribution is 7.92. The molecule has 0 aliphatic carbocycles. The molecule has 0 unspecified atom stereocenters. The fourth-order valence-corrected chi connectivity index (χ4v) is 6.09. The number of rotatable bonds is 13. The summed E-state index contributed by atoms with van der Waals surface area (Å²) in [5.41, 5.74) is 1.73. The number of carbonyl (C=O) groups is 2. The molecule has 0 aromatic heterocycles. The molecule has 0 fully saturated rings. The Hall–Kier alpha value is -3.47. The predicted octanol–water partition coefficient (Wildman–Crippen LogP) is 5.33. The number of sulfonamides is 1. The molecule has 3 aromatic carbocycles. The van der Waals surface area contributed by atoms with E-state index in [-0.39, 0.29) is 36.2 Å². The topological polar surface area (TPSA) is 105 Å². The quantitative estimate of drug-likeness (QED) is 0.265. The van der Waals surface area contributed by atoms with Gasteiger partial charge in [-0.3, -0.25) is 13.9 Å². The molecule has 1 aliphatic heterocycles. The molecule has 4 rings (SSSR count). The Morgan fingerprint density at radius 1 is 0.909 bits per heavy atom. The van der Waals surface area contributed by atoms with E-state index in [0.717, 1.165) is 9.87 Å². The highest BCUT2D eigenvalue weighted by Gasteiger charge is 2.34.